The van der Waals surface area contributed by atoms with Gasteiger partial charge in [0.25, 0.3) is 0 Å². The summed E-state index contributed by atoms with van der Waals surface area (Å²) in [7, 11) is 0. The Morgan fingerprint density at radius 2 is 1.85 bits per heavy atom. The third-order valence-electron chi connectivity index (χ3n) is 4.17. The first-order valence-corrected chi connectivity index (χ1v) is 7.92. The molecular weight excluding hydrogens is 345 g/mol. The molecule has 0 aliphatic rings. The van der Waals surface area contributed by atoms with E-state index in [4.69, 9.17) is 0 Å². The van der Waals surface area contributed by atoms with E-state index in [0.29, 0.717) is 5.82 Å². The van der Waals surface area contributed by atoms with Crippen molar-refractivity contribution in [3.05, 3.63) is 48.3 Å². The molecular formula is C18H17F3N4O. The van der Waals surface area contributed by atoms with Crippen LogP contribution in [0.3, 0.4) is 0 Å². The standard InChI is InChI=1S/C18H17F3N4O/c1-17(2,10-23-16(26)18(19,20)21)12-3-4-13-14(9-12)25-15(24-13)11-5-7-22-8-6-11/h3-9H,10H2,1-2H3,(H,23,26)(H,24,25). The average Bonchev–Trinajstić information content (AvgIpc) is 3.03. The number of H-pyrrole nitrogens is 1. The lowest BCUT2D eigenvalue weighted by atomic mass is 9.84. The van der Waals surface area contributed by atoms with Gasteiger partial charge in [-0.1, -0.05) is 19.9 Å². The van der Waals surface area contributed by atoms with Gasteiger partial charge in [-0.05, 0) is 29.8 Å². The van der Waals surface area contributed by atoms with Gasteiger partial charge in [0, 0.05) is 29.9 Å². The Morgan fingerprint density at radius 3 is 2.50 bits per heavy atom. The number of aromatic nitrogens is 3. The minimum absolute atomic E-state index is 0.137. The Hall–Kier alpha value is -2.90. The van der Waals surface area contributed by atoms with E-state index in [1.807, 2.05) is 23.5 Å². The molecule has 0 bridgehead atoms. The topological polar surface area (TPSA) is 70.7 Å². The monoisotopic (exact) mass is 362 g/mol. The van der Waals surface area contributed by atoms with E-state index >= 15 is 0 Å². The average molecular weight is 362 g/mol. The molecule has 2 aromatic heterocycles. The van der Waals surface area contributed by atoms with Crippen molar-refractivity contribution >= 4 is 16.9 Å². The van der Waals surface area contributed by atoms with Crippen LogP contribution in [0, 0.1) is 0 Å². The number of aromatic amines is 1. The number of alkyl halides is 3. The Morgan fingerprint density at radius 1 is 1.15 bits per heavy atom. The van der Waals surface area contributed by atoms with Gasteiger partial charge < -0.3 is 10.3 Å². The molecule has 0 aliphatic carbocycles. The Labute approximate surface area is 147 Å². The molecule has 3 rings (SSSR count). The van der Waals surface area contributed by atoms with Crippen molar-refractivity contribution in [2.24, 2.45) is 0 Å². The number of amides is 1. The second kappa shape index (κ2) is 6.44. The fraction of sp³-hybridized carbons (Fsp3) is 0.278. The Bertz CT molecular complexity index is 933. The summed E-state index contributed by atoms with van der Waals surface area (Å²) in [4.78, 5) is 22.7. The number of hydrogen-bond acceptors (Lipinski definition) is 3. The molecule has 0 spiro atoms. The van der Waals surface area contributed by atoms with Crippen molar-refractivity contribution in [3.8, 4) is 11.4 Å². The molecule has 3 aromatic rings. The number of nitrogens with zero attached hydrogens (tertiary/aromatic N) is 2. The van der Waals surface area contributed by atoms with Crippen LogP contribution in [0.1, 0.15) is 19.4 Å². The third-order valence-corrected chi connectivity index (χ3v) is 4.17. The van der Waals surface area contributed by atoms with E-state index in [0.717, 1.165) is 22.2 Å². The summed E-state index contributed by atoms with van der Waals surface area (Å²) in [5.41, 5.74) is 2.50. The predicted molar refractivity (Wildman–Crippen MR) is 91.4 cm³/mol. The maximum absolute atomic E-state index is 12.4. The van der Waals surface area contributed by atoms with E-state index in [-0.39, 0.29) is 6.54 Å². The van der Waals surface area contributed by atoms with Crippen LogP contribution in [-0.4, -0.2) is 33.6 Å². The first-order chi connectivity index (χ1) is 12.2. The van der Waals surface area contributed by atoms with Crippen LogP contribution >= 0.6 is 0 Å². The molecule has 5 nitrogen and oxygen atoms in total. The smallest absolute Gasteiger partial charge is 0.347 e. The van der Waals surface area contributed by atoms with Gasteiger partial charge in [0.1, 0.15) is 5.82 Å². The maximum atomic E-state index is 12.4. The number of nitrogens with one attached hydrogen (secondary N) is 2. The number of rotatable bonds is 4. The molecule has 0 aliphatic heterocycles. The molecule has 1 amide bonds. The van der Waals surface area contributed by atoms with Crippen molar-refractivity contribution < 1.29 is 18.0 Å². The largest absolute Gasteiger partial charge is 0.471 e. The van der Waals surface area contributed by atoms with Gasteiger partial charge in [-0.15, -0.1) is 0 Å². The lowest BCUT2D eigenvalue weighted by molar-refractivity contribution is -0.173. The summed E-state index contributed by atoms with van der Waals surface area (Å²) in [6.45, 7) is 3.40. The van der Waals surface area contributed by atoms with Gasteiger partial charge in [0.05, 0.1) is 11.0 Å². The first-order valence-electron chi connectivity index (χ1n) is 7.92. The molecule has 0 fully saturated rings. The molecule has 26 heavy (non-hydrogen) atoms. The zero-order chi connectivity index (χ0) is 18.9. The van der Waals surface area contributed by atoms with Gasteiger partial charge in [0.2, 0.25) is 0 Å². The maximum Gasteiger partial charge on any atom is 0.471 e. The minimum atomic E-state index is -4.89. The quantitative estimate of drug-likeness (QED) is 0.745. The number of halogens is 3. The van der Waals surface area contributed by atoms with E-state index in [2.05, 4.69) is 15.0 Å². The molecule has 0 saturated carbocycles. The molecule has 0 atom stereocenters. The number of imidazole rings is 1. The van der Waals surface area contributed by atoms with Crippen LogP contribution in [0.5, 0.6) is 0 Å². The zero-order valence-electron chi connectivity index (χ0n) is 14.2. The van der Waals surface area contributed by atoms with Crippen LogP contribution in [-0.2, 0) is 10.2 Å². The molecule has 2 N–H and O–H groups in total. The minimum Gasteiger partial charge on any atom is -0.347 e. The van der Waals surface area contributed by atoms with Gasteiger partial charge in [-0.2, -0.15) is 13.2 Å². The first kappa shape index (κ1) is 17.9. The Kier molecular flexibility index (Phi) is 4.43. The summed E-state index contributed by atoms with van der Waals surface area (Å²) in [6, 6.07) is 9.11. The van der Waals surface area contributed by atoms with E-state index in [9.17, 15) is 18.0 Å². The second-order valence-corrected chi connectivity index (χ2v) is 6.62. The van der Waals surface area contributed by atoms with E-state index < -0.39 is 17.5 Å². The summed E-state index contributed by atoms with van der Waals surface area (Å²) in [6.07, 6.45) is -1.55. The highest BCUT2D eigenvalue weighted by atomic mass is 19.4. The molecule has 0 unspecified atom stereocenters. The molecule has 2 heterocycles. The van der Waals surface area contributed by atoms with Crippen LogP contribution in [0.25, 0.3) is 22.4 Å². The Balaban J connectivity index is 1.85. The molecule has 0 radical (unpaired) electrons. The molecule has 8 heteroatoms. The number of pyridine rings is 1. The SMILES string of the molecule is CC(C)(CNC(=O)C(F)(F)F)c1ccc2nc(-c3ccncc3)[nH]c2c1. The van der Waals surface area contributed by atoms with Crippen molar-refractivity contribution in [2.45, 2.75) is 25.4 Å². The number of carbonyl (C=O) groups excluding carboxylic acids is 1. The van der Waals surface area contributed by atoms with Crippen molar-refractivity contribution in [3.63, 3.8) is 0 Å². The fourth-order valence-corrected chi connectivity index (χ4v) is 2.58. The van der Waals surface area contributed by atoms with Crippen LogP contribution < -0.4 is 5.32 Å². The van der Waals surface area contributed by atoms with Gasteiger partial charge in [0.15, 0.2) is 0 Å². The molecule has 136 valence electrons. The molecule has 1 aromatic carbocycles. The molecule has 0 saturated heterocycles. The summed E-state index contributed by atoms with van der Waals surface area (Å²) in [5, 5.41) is 1.94. The summed E-state index contributed by atoms with van der Waals surface area (Å²) < 4.78 is 37.1. The highest BCUT2D eigenvalue weighted by molar-refractivity contribution is 5.82. The number of hydrogen-bond donors (Lipinski definition) is 2. The van der Waals surface area contributed by atoms with Crippen molar-refractivity contribution in [1.29, 1.82) is 0 Å². The van der Waals surface area contributed by atoms with E-state index in [1.165, 1.54) is 0 Å². The lowest BCUT2D eigenvalue weighted by Crippen LogP contribution is -2.43. The third kappa shape index (κ3) is 3.68. The highest BCUT2D eigenvalue weighted by Gasteiger charge is 2.39. The fourth-order valence-electron chi connectivity index (χ4n) is 2.58. The van der Waals surface area contributed by atoms with Gasteiger partial charge >= 0.3 is 12.1 Å². The highest BCUT2D eigenvalue weighted by Crippen LogP contribution is 2.27. The van der Waals surface area contributed by atoms with Crippen molar-refractivity contribution in [2.75, 3.05) is 6.54 Å². The van der Waals surface area contributed by atoms with E-state index in [1.54, 1.807) is 38.4 Å². The van der Waals surface area contributed by atoms with Gasteiger partial charge in [-0.25, -0.2) is 4.98 Å². The normalized spacial score (nSPS) is 12.3. The number of carbonyl (C=O) groups is 1. The predicted octanol–water partition coefficient (Wildman–Crippen LogP) is 3.58. The van der Waals surface area contributed by atoms with Crippen LogP contribution in [0.4, 0.5) is 13.2 Å². The summed E-state index contributed by atoms with van der Waals surface area (Å²) >= 11 is 0. The summed E-state index contributed by atoms with van der Waals surface area (Å²) in [5.74, 6) is -1.25. The zero-order valence-corrected chi connectivity index (χ0v) is 14.2. The van der Waals surface area contributed by atoms with Crippen molar-refractivity contribution in [1.82, 2.24) is 20.3 Å². The van der Waals surface area contributed by atoms with Gasteiger partial charge in [-0.3, -0.25) is 9.78 Å². The lowest BCUT2D eigenvalue weighted by Gasteiger charge is -2.26. The van der Waals surface area contributed by atoms with Crippen LogP contribution in [0.15, 0.2) is 42.7 Å². The van der Waals surface area contributed by atoms with Crippen LogP contribution in [0.2, 0.25) is 0 Å². The number of fused-ring (bicyclic) bond motifs is 1. The second-order valence-electron chi connectivity index (χ2n) is 6.62. The number of benzene rings is 1.